The van der Waals surface area contributed by atoms with Crippen molar-refractivity contribution in [3.63, 3.8) is 0 Å². The predicted octanol–water partition coefficient (Wildman–Crippen LogP) is 3.85. The van der Waals surface area contributed by atoms with Gasteiger partial charge in [0.15, 0.2) is 0 Å². The average Bonchev–Trinajstić information content (AvgIpc) is 3.08. The van der Waals surface area contributed by atoms with Gasteiger partial charge in [-0.15, -0.1) is 0 Å². The van der Waals surface area contributed by atoms with Crippen molar-refractivity contribution in [2.45, 2.75) is 39.3 Å². The molecule has 2 heterocycles. The van der Waals surface area contributed by atoms with Gasteiger partial charge in [-0.05, 0) is 68.0 Å². The second-order valence-electron chi connectivity index (χ2n) is 8.98. The molecule has 2 saturated heterocycles. The first-order chi connectivity index (χ1) is 14.1. The van der Waals surface area contributed by atoms with E-state index in [2.05, 4.69) is 59.2 Å². The Bertz CT molecular complexity index is 809. The minimum atomic E-state index is 0.0535. The molecular formula is C25H34N2O2. The van der Waals surface area contributed by atoms with E-state index in [0.29, 0.717) is 12.0 Å². The van der Waals surface area contributed by atoms with E-state index < -0.39 is 0 Å². The summed E-state index contributed by atoms with van der Waals surface area (Å²) in [6.45, 7) is 9.46. The Balaban J connectivity index is 1.34. The molecule has 0 radical (unpaired) electrons. The maximum absolute atomic E-state index is 8.96. The second-order valence-corrected chi connectivity index (χ2v) is 8.98. The molecule has 1 unspecified atom stereocenters. The van der Waals surface area contributed by atoms with Crippen LogP contribution in [0, 0.1) is 12.3 Å². The highest BCUT2D eigenvalue weighted by Gasteiger charge is 2.41. The number of nitrogens with zero attached hydrogens (tertiary/aromatic N) is 2. The minimum absolute atomic E-state index is 0.0535. The van der Waals surface area contributed by atoms with Gasteiger partial charge in [-0.2, -0.15) is 0 Å². The summed E-state index contributed by atoms with van der Waals surface area (Å²) in [4.78, 5) is 5.28. The lowest BCUT2D eigenvalue weighted by atomic mass is 9.79. The van der Waals surface area contributed by atoms with E-state index in [0.717, 1.165) is 18.8 Å². The maximum Gasteiger partial charge on any atom is 0.119 e. The molecule has 0 amide bonds. The number of aliphatic hydroxyl groups excluding tert-OH is 1. The van der Waals surface area contributed by atoms with Crippen molar-refractivity contribution in [3.05, 3.63) is 65.2 Å². The Morgan fingerprint density at radius 3 is 2.41 bits per heavy atom. The fraction of sp³-hybridized carbons (Fsp3) is 0.520. The van der Waals surface area contributed by atoms with Crippen molar-refractivity contribution in [2.24, 2.45) is 5.41 Å². The standard InChI is InChI=1S/C25H34N2O2/c1-21-5-2-6-22(15-21)17-26-11-4-9-25(19-26)10-12-27(20-25)18-23-7-3-8-24(16-23)29-14-13-28/h2-3,5-8,15-16,28H,4,9-14,17-20H2,1H3. The monoisotopic (exact) mass is 394 g/mol. The summed E-state index contributed by atoms with van der Waals surface area (Å²) in [5, 5.41) is 8.96. The number of aliphatic hydroxyl groups is 1. The molecule has 1 spiro atoms. The molecule has 156 valence electrons. The Morgan fingerprint density at radius 1 is 0.931 bits per heavy atom. The third-order valence-corrected chi connectivity index (χ3v) is 6.41. The molecule has 2 aliphatic rings. The SMILES string of the molecule is Cc1cccc(CN2CCCC3(CCN(Cc4cccc(OCCO)c4)C3)C2)c1. The zero-order valence-corrected chi connectivity index (χ0v) is 17.6. The van der Waals surface area contributed by atoms with Gasteiger partial charge in [-0.1, -0.05) is 42.0 Å². The van der Waals surface area contributed by atoms with Gasteiger partial charge in [0.05, 0.1) is 6.61 Å². The van der Waals surface area contributed by atoms with Crippen molar-refractivity contribution in [3.8, 4) is 5.75 Å². The van der Waals surface area contributed by atoms with Crippen LogP contribution >= 0.6 is 0 Å². The Morgan fingerprint density at radius 2 is 1.66 bits per heavy atom. The first kappa shape index (κ1) is 20.4. The number of benzene rings is 2. The van der Waals surface area contributed by atoms with Crippen molar-refractivity contribution < 1.29 is 9.84 Å². The molecular weight excluding hydrogens is 360 g/mol. The summed E-state index contributed by atoms with van der Waals surface area (Å²) >= 11 is 0. The third kappa shape index (κ3) is 5.39. The van der Waals surface area contributed by atoms with E-state index in [1.54, 1.807) is 0 Å². The molecule has 1 atom stereocenters. The maximum atomic E-state index is 8.96. The van der Waals surface area contributed by atoms with Crippen LogP contribution in [-0.4, -0.2) is 54.3 Å². The van der Waals surface area contributed by atoms with Crippen LogP contribution in [0.1, 0.15) is 36.0 Å². The van der Waals surface area contributed by atoms with Crippen molar-refractivity contribution in [2.75, 3.05) is 39.4 Å². The number of hydrogen-bond donors (Lipinski definition) is 1. The zero-order chi connectivity index (χ0) is 20.1. The summed E-state index contributed by atoms with van der Waals surface area (Å²) in [6.07, 6.45) is 3.97. The fourth-order valence-corrected chi connectivity index (χ4v) is 5.16. The molecule has 2 aromatic carbocycles. The molecule has 4 heteroatoms. The number of aryl methyl sites for hydroxylation is 1. The summed E-state index contributed by atoms with van der Waals surface area (Å²) < 4.78 is 5.57. The summed E-state index contributed by atoms with van der Waals surface area (Å²) in [5.41, 5.74) is 4.54. The minimum Gasteiger partial charge on any atom is -0.491 e. The number of rotatable bonds is 7. The van der Waals surface area contributed by atoms with E-state index in [1.165, 1.54) is 62.1 Å². The van der Waals surface area contributed by atoms with Gasteiger partial charge >= 0.3 is 0 Å². The first-order valence-corrected chi connectivity index (χ1v) is 11.0. The van der Waals surface area contributed by atoms with Gasteiger partial charge in [0.25, 0.3) is 0 Å². The quantitative estimate of drug-likeness (QED) is 0.774. The smallest absolute Gasteiger partial charge is 0.119 e. The van der Waals surface area contributed by atoms with E-state index >= 15 is 0 Å². The summed E-state index contributed by atoms with van der Waals surface area (Å²) in [6, 6.07) is 17.3. The number of likely N-dealkylation sites (tertiary alicyclic amines) is 2. The Kier molecular flexibility index (Phi) is 6.53. The largest absolute Gasteiger partial charge is 0.491 e. The number of hydrogen-bond acceptors (Lipinski definition) is 4. The van der Waals surface area contributed by atoms with Crippen LogP contribution < -0.4 is 4.74 Å². The lowest BCUT2D eigenvalue weighted by Gasteiger charge is -2.40. The molecule has 1 N–H and O–H groups in total. The highest BCUT2D eigenvalue weighted by molar-refractivity contribution is 5.28. The van der Waals surface area contributed by atoms with Crippen LogP contribution in [0.4, 0.5) is 0 Å². The molecule has 0 aliphatic carbocycles. The zero-order valence-electron chi connectivity index (χ0n) is 17.6. The lowest BCUT2D eigenvalue weighted by Crippen LogP contribution is -2.44. The van der Waals surface area contributed by atoms with E-state index in [4.69, 9.17) is 9.84 Å². The Labute approximate surface area is 175 Å². The third-order valence-electron chi connectivity index (χ3n) is 6.41. The predicted molar refractivity (Wildman–Crippen MR) is 117 cm³/mol. The fourth-order valence-electron chi connectivity index (χ4n) is 5.16. The molecule has 2 fully saturated rings. The second kappa shape index (κ2) is 9.29. The van der Waals surface area contributed by atoms with E-state index in [1.807, 2.05) is 6.07 Å². The molecule has 0 bridgehead atoms. The highest BCUT2D eigenvalue weighted by atomic mass is 16.5. The van der Waals surface area contributed by atoms with Gasteiger partial charge in [0.2, 0.25) is 0 Å². The van der Waals surface area contributed by atoms with Gasteiger partial charge in [-0.3, -0.25) is 9.80 Å². The van der Waals surface area contributed by atoms with Gasteiger partial charge in [0, 0.05) is 26.2 Å². The molecule has 4 nitrogen and oxygen atoms in total. The molecule has 2 aromatic rings. The van der Waals surface area contributed by atoms with E-state index in [-0.39, 0.29) is 6.61 Å². The summed E-state index contributed by atoms with van der Waals surface area (Å²) in [5.74, 6) is 0.854. The highest BCUT2D eigenvalue weighted by Crippen LogP contribution is 2.40. The molecule has 2 aliphatic heterocycles. The first-order valence-electron chi connectivity index (χ1n) is 11.0. The Hall–Kier alpha value is -1.88. The van der Waals surface area contributed by atoms with Gasteiger partial charge in [0.1, 0.15) is 12.4 Å². The molecule has 0 saturated carbocycles. The number of piperidine rings is 1. The number of ether oxygens (including phenoxy) is 1. The molecule has 29 heavy (non-hydrogen) atoms. The van der Waals surface area contributed by atoms with Gasteiger partial charge in [-0.25, -0.2) is 0 Å². The van der Waals surface area contributed by atoms with Crippen molar-refractivity contribution in [1.82, 2.24) is 9.80 Å². The summed E-state index contributed by atoms with van der Waals surface area (Å²) in [7, 11) is 0. The van der Waals surface area contributed by atoms with E-state index in [9.17, 15) is 0 Å². The van der Waals surface area contributed by atoms with Crippen molar-refractivity contribution >= 4 is 0 Å². The lowest BCUT2D eigenvalue weighted by molar-refractivity contribution is 0.0866. The average molecular weight is 395 g/mol. The topological polar surface area (TPSA) is 35.9 Å². The molecule has 4 rings (SSSR count). The van der Waals surface area contributed by atoms with Crippen LogP contribution in [0.2, 0.25) is 0 Å². The normalized spacial score (nSPS) is 23.0. The van der Waals surface area contributed by atoms with Crippen LogP contribution in [0.15, 0.2) is 48.5 Å². The van der Waals surface area contributed by atoms with Crippen LogP contribution in [0.3, 0.4) is 0 Å². The van der Waals surface area contributed by atoms with Crippen LogP contribution in [-0.2, 0) is 13.1 Å². The molecule has 0 aromatic heterocycles. The van der Waals surface area contributed by atoms with Gasteiger partial charge < -0.3 is 9.84 Å². The van der Waals surface area contributed by atoms with Crippen molar-refractivity contribution in [1.29, 1.82) is 0 Å². The van der Waals surface area contributed by atoms with Crippen LogP contribution in [0.5, 0.6) is 5.75 Å². The van der Waals surface area contributed by atoms with Crippen LogP contribution in [0.25, 0.3) is 0 Å².